The van der Waals surface area contributed by atoms with Crippen molar-refractivity contribution >= 4 is 59.7 Å². The number of aromatic nitrogens is 2. The van der Waals surface area contributed by atoms with Crippen molar-refractivity contribution in [3.63, 3.8) is 0 Å². The summed E-state index contributed by atoms with van der Waals surface area (Å²) in [6.45, 7) is -0.112. The fraction of sp³-hybridized carbons (Fsp3) is 0.444. The first-order valence-corrected chi connectivity index (χ1v) is 17.6. The molecule has 2 fully saturated rings. The van der Waals surface area contributed by atoms with E-state index >= 15 is 0 Å². The van der Waals surface area contributed by atoms with Crippen LogP contribution in [0.4, 0.5) is 15.9 Å². The van der Waals surface area contributed by atoms with E-state index in [0.29, 0.717) is 47.3 Å². The predicted octanol–water partition coefficient (Wildman–Crippen LogP) is 2.70. The van der Waals surface area contributed by atoms with Gasteiger partial charge < -0.3 is 24.3 Å². The molecule has 0 aliphatic carbocycles. The third-order valence-electron chi connectivity index (χ3n) is 7.17. The molecule has 1 aromatic heterocycles. The Morgan fingerprint density at radius 2 is 1.86 bits per heavy atom. The smallest absolute Gasteiger partial charge is 0.322 e. The number of benzene rings is 2. The highest BCUT2D eigenvalue weighted by Gasteiger charge is 2.57. The Balaban J connectivity index is 1.41. The maximum atomic E-state index is 13.7. The number of morpholine rings is 1. The Morgan fingerprint density at radius 3 is 2.55 bits per heavy atom. The molecular formula is C27H30ClFN4O9S2. The lowest BCUT2D eigenvalue weighted by Crippen LogP contribution is -2.62. The van der Waals surface area contributed by atoms with Crippen molar-refractivity contribution in [2.75, 3.05) is 57.3 Å². The zero-order chi connectivity index (χ0) is 31.7. The number of sulfone groups is 2. The second kappa shape index (κ2) is 12.6. The van der Waals surface area contributed by atoms with Gasteiger partial charge in [-0.1, -0.05) is 11.6 Å². The number of hydrogen-bond donors (Lipinski definition) is 1. The second-order valence-electron chi connectivity index (χ2n) is 10.5. The van der Waals surface area contributed by atoms with E-state index < -0.39 is 42.3 Å². The molecule has 17 heteroatoms. The van der Waals surface area contributed by atoms with Crippen LogP contribution >= 0.6 is 11.6 Å². The molecule has 5 rings (SSSR count). The molecule has 0 radical (unpaired) electrons. The summed E-state index contributed by atoms with van der Waals surface area (Å²) >= 11 is 5.94. The molecule has 13 nitrogen and oxygen atoms in total. The van der Waals surface area contributed by atoms with Crippen molar-refractivity contribution in [1.29, 1.82) is 0 Å². The number of esters is 1. The molecular weight excluding hydrogens is 643 g/mol. The number of nitrogens with zero attached hydrogens (tertiary/aromatic N) is 3. The van der Waals surface area contributed by atoms with Crippen LogP contribution in [0, 0.1) is 5.82 Å². The molecule has 2 aliphatic heterocycles. The van der Waals surface area contributed by atoms with Gasteiger partial charge in [-0.3, -0.25) is 9.69 Å². The van der Waals surface area contributed by atoms with Gasteiger partial charge in [0.2, 0.25) is 19.7 Å². The summed E-state index contributed by atoms with van der Waals surface area (Å²) in [5.74, 6) is -0.560. The number of halogens is 2. The van der Waals surface area contributed by atoms with E-state index in [9.17, 15) is 26.0 Å². The van der Waals surface area contributed by atoms with Crippen LogP contribution in [0.2, 0.25) is 5.02 Å². The lowest BCUT2D eigenvalue weighted by atomic mass is 10.2. The van der Waals surface area contributed by atoms with Gasteiger partial charge in [-0.15, -0.1) is 0 Å². The Labute approximate surface area is 258 Å². The first-order valence-electron chi connectivity index (χ1n) is 13.5. The number of anilines is 2. The summed E-state index contributed by atoms with van der Waals surface area (Å²) in [6, 6.07) is 7.45. The van der Waals surface area contributed by atoms with Crippen molar-refractivity contribution in [3.8, 4) is 11.5 Å². The molecule has 0 spiro atoms. The SMILES string of the molecule is CS(=O)(=O)C1(S(C)(=O)=O)CN(CCOc2cc3c(Nc4ccc(F)c(Cl)c4)ncnc3cc2OCC2CCCO2)CC(=O)O1. The Bertz CT molecular complexity index is 1760. The van der Waals surface area contributed by atoms with Crippen LogP contribution in [0.5, 0.6) is 11.5 Å². The summed E-state index contributed by atoms with van der Waals surface area (Å²) < 4.78 is 83.7. The van der Waals surface area contributed by atoms with Crippen molar-refractivity contribution in [2.24, 2.45) is 0 Å². The normalized spacial score (nSPS) is 19.1. The molecule has 1 N–H and O–H groups in total. The quantitative estimate of drug-likeness (QED) is 0.296. The van der Waals surface area contributed by atoms with Crippen LogP contribution in [0.3, 0.4) is 0 Å². The zero-order valence-electron chi connectivity index (χ0n) is 23.8. The first-order chi connectivity index (χ1) is 20.8. The van der Waals surface area contributed by atoms with Gasteiger partial charge in [-0.25, -0.2) is 31.2 Å². The number of nitrogens with one attached hydrogen (secondary N) is 1. The molecule has 0 bridgehead atoms. The Hall–Kier alpha value is -3.31. The number of cyclic esters (lactones) is 1. The number of carbonyl (C=O) groups excluding carboxylic acids is 1. The summed E-state index contributed by atoms with van der Waals surface area (Å²) in [4.78, 5) is 22.3. The van der Waals surface area contributed by atoms with Gasteiger partial charge in [0.25, 0.3) is 0 Å². The monoisotopic (exact) mass is 672 g/mol. The van der Waals surface area contributed by atoms with E-state index in [4.69, 9.17) is 30.5 Å². The summed E-state index contributed by atoms with van der Waals surface area (Å²) in [5, 5.41) is 3.56. The van der Waals surface area contributed by atoms with Gasteiger partial charge in [0.1, 0.15) is 31.2 Å². The molecule has 3 aromatic rings. The lowest BCUT2D eigenvalue weighted by Gasteiger charge is -2.38. The number of fused-ring (bicyclic) bond motifs is 1. The number of ether oxygens (including phenoxy) is 4. The van der Waals surface area contributed by atoms with Crippen LogP contribution in [-0.2, 0) is 33.9 Å². The topological polar surface area (TPSA) is 163 Å². The van der Waals surface area contributed by atoms with Gasteiger partial charge in [0.15, 0.2) is 11.5 Å². The third kappa shape index (κ3) is 6.83. The number of hydrogen-bond acceptors (Lipinski definition) is 13. The zero-order valence-corrected chi connectivity index (χ0v) is 26.2. The van der Waals surface area contributed by atoms with Gasteiger partial charge in [0, 0.05) is 42.8 Å². The number of rotatable bonds is 11. The molecule has 0 saturated carbocycles. The minimum atomic E-state index is -4.37. The first kappa shape index (κ1) is 32.1. The van der Waals surface area contributed by atoms with Gasteiger partial charge in [0.05, 0.1) is 29.7 Å². The van der Waals surface area contributed by atoms with Crippen LogP contribution < -0.4 is 14.8 Å². The van der Waals surface area contributed by atoms with Crippen molar-refractivity contribution in [1.82, 2.24) is 14.9 Å². The average molecular weight is 673 g/mol. The van der Waals surface area contributed by atoms with Crippen LogP contribution in [0.1, 0.15) is 12.8 Å². The van der Waals surface area contributed by atoms with E-state index in [1.165, 1.54) is 29.4 Å². The molecule has 238 valence electrons. The van der Waals surface area contributed by atoms with Crippen LogP contribution in [0.25, 0.3) is 10.9 Å². The minimum absolute atomic E-state index is 0.0183. The molecule has 2 saturated heterocycles. The molecule has 3 heterocycles. The maximum absolute atomic E-state index is 13.7. The van der Waals surface area contributed by atoms with Gasteiger partial charge >= 0.3 is 10.2 Å². The Morgan fingerprint density at radius 1 is 1.11 bits per heavy atom. The van der Waals surface area contributed by atoms with Crippen LogP contribution in [-0.4, -0.2) is 100 Å². The van der Waals surface area contributed by atoms with Crippen molar-refractivity contribution < 1.29 is 45.0 Å². The molecule has 1 unspecified atom stereocenters. The van der Waals surface area contributed by atoms with Gasteiger partial charge in [-0.2, -0.15) is 0 Å². The maximum Gasteiger partial charge on any atom is 0.322 e. The molecule has 0 amide bonds. The third-order valence-corrected chi connectivity index (χ3v) is 12.0. The van der Waals surface area contributed by atoms with Gasteiger partial charge in [-0.05, 0) is 37.1 Å². The highest BCUT2D eigenvalue weighted by atomic mass is 35.5. The number of carbonyl (C=O) groups is 1. The molecule has 2 aromatic carbocycles. The molecule has 2 aliphatic rings. The van der Waals surface area contributed by atoms with Crippen molar-refractivity contribution in [3.05, 3.63) is 47.5 Å². The summed E-state index contributed by atoms with van der Waals surface area (Å²) in [5.41, 5.74) is 0.991. The highest BCUT2D eigenvalue weighted by molar-refractivity contribution is 8.09. The fourth-order valence-corrected chi connectivity index (χ4v) is 8.62. The van der Waals surface area contributed by atoms with Crippen molar-refractivity contribution in [2.45, 2.75) is 23.2 Å². The second-order valence-corrected chi connectivity index (χ2v) is 15.6. The van der Waals surface area contributed by atoms with E-state index in [1.54, 1.807) is 12.1 Å². The van der Waals surface area contributed by atoms with E-state index in [0.717, 1.165) is 12.8 Å². The summed E-state index contributed by atoms with van der Waals surface area (Å²) in [7, 11) is -8.73. The summed E-state index contributed by atoms with van der Waals surface area (Å²) in [6.07, 6.45) is 4.44. The van der Waals surface area contributed by atoms with Crippen LogP contribution in [0.15, 0.2) is 36.7 Å². The van der Waals surface area contributed by atoms with E-state index in [2.05, 4.69) is 15.3 Å². The van der Waals surface area contributed by atoms with E-state index in [1.807, 2.05) is 0 Å². The largest absolute Gasteiger partial charge is 0.488 e. The highest BCUT2D eigenvalue weighted by Crippen LogP contribution is 2.36. The minimum Gasteiger partial charge on any atom is -0.488 e. The standard InChI is InChI=1S/C27H30ClFN4O9S2/c1-43(35,36)27(44(2,37)38)15-33(13-25(34)42-27)7-9-40-23-11-19-22(12-24(23)41-14-18-4-3-8-39-18)30-16-31-26(19)32-17-5-6-21(29)20(28)10-17/h5-6,10-12,16,18H,3-4,7-9,13-15H2,1-2H3,(H,30,31,32). The lowest BCUT2D eigenvalue weighted by molar-refractivity contribution is -0.156. The average Bonchev–Trinajstić information content (AvgIpc) is 3.46. The Kier molecular flexibility index (Phi) is 9.18. The predicted molar refractivity (Wildman–Crippen MR) is 159 cm³/mol. The fourth-order valence-electron chi connectivity index (χ4n) is 4.91. The van der Waals surface area contributed by atoms with E-state index in [-0.39, 0.29) is 43.2 Å². The molecule has 44 heavy (non-hydrogen) atoms. The molecule has 1 atom stereocenters.